The lowest BCUT2D eigenvalue weighted by Crippen LogP contribution is -2.40. The van der Waals surface area contributed by atoms with Crippen molar-refractivity contribution in [2.24, 2.45) is 0 Å². The van der Waals surface area contributed by atoms with E-state index in [1.54, 1.807) is 7.05 Å². The van der Waals surface area contributed by atoms with Gasteiger partial charge in [-0.05, 0) is 38.1 Å². The minimum atomic E-state index is -3.66. The number of nitrogens with one attached hydrogen (secondary N) is 1. The Morgan fingerprint density at radius 2 is 2.19 bits per heavy atom. The van der Waals surface area contributed by atoms with Gasteiger partial charge in [-0.1, -0.05) is 0 Å². The standard InChI is InChI=1S/C13H19FN2O3S.ClH/c1-15-9-10-4-3-7-16(10)20(17,18)11-5-6-13(19-2)12(14)8-11;/h5-6,8,10,15H,3-4,7,9H2,1-2H3;1H. The van der Waals surface area contributed by atoms with Crippen LogP contribution in [0.5, 0.6) is 5.75 Å². The molecule has 2 rings (SSSR count). The van der Waals surface area contributed by atoms with Crippen LogP contribution in [0.15, 0.2) is 23.1 Å². The summed E-state index contributed by atoms with van der Waals surface area (Å²) in [7, 11) is -0.529. The molecule has 0 bridgehead atoms. The van der Waals surface area contributed by atoms with Crippen molar-refractivity contribution >= 4 is 22.4 Å². The topological polar surface area (TPSA) is 58.6 Å². The zero-order valence-corrected chi connectivity index (χ0v) is 13.6. The molecule has 5 nitrogen and oxygen atoms in total. The van der Waals surface area contributed by atoms with Crippen molar-refractivity contribution in [2.75, 3.05) is 27.2 Å². The van der Waals surface area contributed by atoms with Gasteiger partial charge in [-0.25, -0.2) is 12.8 Å². The van der Waals surface area contributed by atoms with Gasteiger partial charge in [0.1, 0.15) is 0 Å². The van der Waals surface area contributed by atoms with E-state index < -0.39 is 15.8 Å². The molecule has 21 heavy (non-hydrogen) atoms. The predicted octanol–water partition coefficient (Wildman–Crippen LogP) is 1.63. The van der Waals surface area contributed by atoms with Crippen molar-refractivity contribution < 1.29 is 17.5 Å². The molecule has 1 heterocycles. The smallest absolute Gasteiger partial charge is 0.243 e. The monoisotopic (exact) mass is 338 g/mol. The van der Waals surface area contributed by atoms with E-state index in [1.807, 2.05) is 0 Å². The van der Waals surface area contributed by atoms with E-state index in [-0.39, 0.29) is 29.1 Å². The first kappa shape index (κ1) is 18.2. The Balaban J connectivity index is 0.00000220. The second kappa shape index (κ2) is 7.40. The molecular weight excluding hydrogens is 319 g/mol. The zero-order valence-electron chi connectivity index (χ0n) is 12.0. The van der Waals surface area contributed by atoms with E-state index in [0.29, 0.717) is 13.1 Å². The Morgan fingerprint density at radius 1 is 1.48 bits per heavy atom. The molecule has 0 spiro atoms. The fourth-order valence-electron chi connectivity index (χ4n) is 2.51. The highest BCUT2D eigenvalue weighted by molar-refractivity contribution is 7.89. The fraction of sp³-hybridized carbons (Fsp3) is 0.538. The molecule has 0 amide bonds. The van der Waals surface area contributed by atoms with Crippen molar-refractivity contribution in [3.63, 3.8) is 0 Å². The van der Waals surface area contributed by atoms with Crippen LogP contribution in [0.1, 0.15) is 12.8 Å². The quantitative estimate of drug-likeness (QED) is 0.886. The number of benzene rings is 1. The second-order valence-corrected chi connectivity index (χ2v) is 6.66. The van der Waals surface area contributed by atoms with E-state index in [2.05, 4.69) is 5.32 Å². The minimum absolute atomic E-state index is 0. The summed E-state index contributed by atoms with van der Waals surface area (Å²) in [5, 5.41) is 2.99. The second-order valence-electron chi connectivity index (χ2n) is 4.77. The number of hydrogen-bond acceptors (Lipinski definition) is 4. The maximum atomic E-state index is 13.7. The number of nitrogens with zero attached hydrogens (tertiary/aromatic N) is 1. The van der Waals surface area contributed by atoms with Gasteiger partial charge in [0.2, 0.25) is 10.0 Å². The van der Waals surface area contributed by atoms with Gasteiger partial charge in [0.15, 0.2) is 11.6 Å². The summed E-state index contributed by atoms with van der Waals surface area (Å²) in [5.74, 6) is -0.630. The normalized spacial score (nSPS) is 19.3. The molecule has 0 aliphatic carbocycles. The molecule has 1 aliphatic rings. The summed E-state index contributed by atoms with van der Waals surface area (Å²) in [6.45, 7) is 1.07. The average Bonchev–Trinajstić information content (AvgIpc) is 2.88. The lowest BCUT2D eigenvalue weighted by atomic mass is 10.2. The predicted molar refractivity (Wildman–Crippen MR) is 81.0 cm³/mol. The molecule has 0 saturated carbocycles. The number of halogens is 2. The van der Waals surface area contributed by atoms with Crippen LogP contribution in [0.3, 0.4) is 0 Å². The van der Waals surface area contributed by atoms with Gasteiger partial charge in [0, 0.05) is 19.1 Å². The van der Waals surface area contributed by atoms with E-state index in [1.165, 1.54) is 23.5 Å². The Labute approximate surface area is 130 Å². The summed E-state index contributed by atoms with van der Waals surface area (Å²) < 4.78 is 45.1. The molecule has 1 aromatic carbocycles. The summed E-state index contributed by atoms with van der Waals surface area (Å²) >= 11 is 0. The molecule has 1 atom stereocenters. The van der Waals surface area contributed by atoms with Crippen molar-refractivity contribution in [2.45, 2.75) is 23.8 Å². The van der Waals surface area contributed by atoms with Gasteiger partial charge in [0.25, 0.3) is 0 Å². The van der Waals surface area contributed by atoms with Crippen molar-refractivity contribution in [1.29, 1.82) is 0 Å². The van der Waals surface area contributed by atoms with Crippen LogP contribution < -0.4 is 10.1 Å². The summed E-state index contributed by atoms with van der Waals surface area (Å²) in [4.78, 5) is -0.0289. The number of rotatable bonds is 5. The zero-order chi connectivity index (χ0) is 14.8. The van der Waals surface area contributed by atoms with Gasteiger partial charge in [-0.15, -0.1) is 12.4 Å². The number of ether oxygens (including phenoxy) is 1. The first-order valence-electron chi connectivity index (χ1n) is 6.50. The van der Waals surface area contributed by atoms with E-state index >= 15 is 0 Å². The van der Waals surface area contributed by atoms with Gasteiger partial charge >= 0.3 is 0 Å². The molecule has 1 fully saturated rings. The first-order valence-corrected chi connectivity index (χ1v) is 7.94. The average molecular weight is 339 g/mol. The molecule has 0 radical (unpaired) electrons. The van der Waals surface area contributed by atoms with Gasteiger partial charge in [-0.2, -0.15) is 4.31 Å². The number of sulfonamides is 1. The maximum Gasteiger partial charge on any atom is 0.243 e. The molecule has 1 unspecified atom stereocenters. The maximum absolute atomic E-state index is 13.7. The van der Waals surface area contributed by atoms with Crippen LogP contribution in [0.4, 0.5) is 4.39 Å². The highest BCUT2D eigenvalue weighted by Gasteiger charge is 2.35. The van der Waals surface area contributed by atoms with Crippen LogP contribution >= 0.6 is 12.4 Å². The van der Waals surface area contributed by atoms with Crippen LogP contribution in [0, 0.1) is 5.82 Å². The SMILES string of the molecule is CNCC1CCCN1S(=O)(=O)c1ccc(OC)c(F)c1.Cl. The van der Waals surface area contributed by atoms with E-state index in [0.717, 1.165) is 18.9 Å². The fourth-order valence-corrected chi connectivity index (χ4v) is 4.21. The van der Waals surface area contributed by atoms with Crippen LogP contribution in [0.25, 0.3) is 0 Å². The lowest BCUT2D eigenvalue weighted by molar-refractivity contribution is 0.376. The van der Waals surface area contributed by atoms with Gasteiger partial charge < -0.3 is 10.1 Å². The third kappa shape index (κ3) is 3.66. The minimum Gasteiger partial charge on any atom is -0.494 e. The van der Waals surface area contributed by atoms with Crippen LogP contribution in [-0.4, -0.2) is 46.0 Å². The molecule has 1 saturated heterocycles. The molecule has 8 heteroatoms. The molecular formula is C13H20ClFN2O3S. The van der Waals surface area contributed by atoms with Gasteiger partial charge in [-0.3, -0.25) is 0 Å². The third-order valence-electron chi connectivity index (χ3n) is 3.49. The number of methoxy groups -OCH3 is 1. The highest BCUT2D eigenvalue weighted by atomic mass is 35.5. The number of hydrogen-bond donors (Lipinski definition) is 1. The lowest BCUT2D eigenvalue weighted by Gasteiger charge is -2.24. The Hall–Kier alpha value is -0.890. The van der Waals surface area contributed by atoms with Gasteiger partial charge in [0.05, 0.1) is 12.0 Å². The Morgan fingerprint density at radius 3 is 2.76 bits per heavy atom. The molecule has 0 aromatic heterocycles. The molecule has 1 aliphatic heterocycles. The summed E-state index contributed by atoms with van der Waals surface area (Å²) in [6.07, 6.45) is 1.64. The molecule has 1 aromatic rings. The Kier molecular flexibility index (Phi) is 6.40. The third-order valence-corrected chi connectivity index (χ3v) is 5.44. The first-order chi connectivity index (χ1) is 9.50. The summed E-state index contributed by atoms with van der Waals surface area (Å²) in [5.41, 5.74) is 0. The van der Waals surface area contributed by atoms with Crippen molar-refractivity contribution in [1.82, 2.24) is 9.62 Å². The Bertz CT molecular complexity index is 583. The van der Waals surface area contributed by atoms with E-state index in [4.69, 9.17) is 4.74 Å². The molecule has 120 valence electrons. The molecule has 1 N–H and O–H groups in total. The highest BCUT2D eigenvalue weighted by Crippen LogP contribution is 2.28. The van der Waals surface area contributed by atoms with Crippen molar-refractivity contribution in [3.05, 3.63) is 24.0 Å². The van der Waals surface area contributed by atoms with E-state index in [9.17, 15) is 12.8 Å². The number of likely N-dealkylation sites (N-methyl/N-ethyl adjacent to an activating group) is 1. The van der Waals surface area contributed by atoms with Crippen molar-refractivity contribution in [3.8, 4) is 5.75 Å². The van der Waals surface area contributed by atoms with Crippen LogP contribution in [-0.2, 0) is 10.0 Å². The summed E-state index contributed by atoms with van der Waals surface area (Å²) in [6, 6.07) is 3.66. The van der Waals surface area contributed by atoms with Crippen LogP contribution in [0.2, 0.25) is 0 Å². The largest absolute Gasteiger partial charge is 0.494 e.